The maximum atomic E-state index is 10.8. The van der Waals surface area contributed by atoms with Crippen molar-refractivity contribution in [1.82, 2.24) is 5.32 Å². The number of primary amides is 1. The lowest BCUT2D eigenvalue weighted by Gasteiger charge is -2.12. The Morgan fingerprint density at radius 3 is 2.64 bits per heavy atom. The molecule has 0 radical (unpaired) electrons. The minimum Gasteiger partial charge on any atom is -0.368 e. The van der Waals surface area contributed by atoms with Crippen LogP contribution in [0.25, 0.3) is 0 Å². The Balaban J connectivity index is 2.24. The van der Waals surface area contributed by atoms with Crippen LogP contribution in [-0.4, -0.2) is 24.5 Å². The minimum atomic E-state index is -0.289. The van der Waals surface area contributed by atoms with Gasteiger partial charge in [0.2, 0.25) is 5.91 Å². The van der Waals surface area contributed by atoms with Crippen molar-refractivity contribution in [3.63, 3.8) is 0 Å². The Bertz CT molecular complexity index is 145. The second-order valence-corrected chi connectivity index (χ2v) is 2.97. The van der Waals surface area contributed by atoms with Crippen molar-refractivity contribution in [3.05, 3.63) is 0 Å². The fourth-order valence-corrected chi connectivity index (χ4v) is 1.01. The molecule has 0 saturated heterocycles. The second kappa shape index (κ2) is 3.69. The predicted molar refractivity (Wildman–Crippen MR) is 42.8 cm³/mol. The first-order valence-corrected chi connectivity index (χ1v) is 3.99. The zero-order chi connectivity index (χ0) is 8.27. The number of nitrogens with one attached hydrogen (secondary N) is 1. The molecule has 0 aromatic carbocycles. The van der Waals surface area contributed by atoms with E-state index >= 15 is 0 Å². The van der Waals surface area contributed by atoms with Gasteiger partial charge in [0.1, 0.15) is 0 Å². The standard InChI is InChI=1S/C7H15N3O/c8-4-3-6(7(9)11)10-5-1-2-5/h5-6,10H,1-4,8H2,(H2,9,11). The zero-order valence-electron chi connectivity index (χ0n) is 6.55. The van der Waals surface area contributed by atoms with Gasteiger partial charge in [0.15, 0.2) is 0 Å². The first-order valence-electron chi connectivity index (χ1n) is 3.99. The van der Waals surface area contributed by atoms with Crippen LogP contribution in [-0.2, 0) is 4.79 Å². The zero-order valence-corrected chi connectivity index (χ0v) is 6.55. The van der Waals surface area contributed by atoms with Crippen LogP contribution in [0.15, 0.2) is 0 Å². The third-order valence-electron chi connectivity index (χ3n) is 1.81. The van der Waals surface area contributed by atoms with E-state index in [2.05, 4.69) is 5.32 Å². The molecule has 4 heteroatoms. The van der Waals surface area contributed by atoms with E-state index in [1.54, 1.807) is 0 Å². The molecule has 5 N–H and O–H groups in total. The molecule has 1 rings (SSSR count). The minimum absolute atomic E-state index is 0.215. The van der Waals surface area contributed by atoms with Gasteiger partial charge in [0.05, 0.1) is 6.04 Å². The van der Waals surface area contributed by atoms with E-state index in [1.165, 1.54) is 0 Å². The van der Waals surface area contributed by atoms with Gasteiger partial charge in [-0.1, -0.05) is 0 Å². The molecule has 4 nitrogen and oxygen atoms in total. The van der Waals surface area contributed by atoms with Gasteiger partial charge in [0, 0.05) is 6.04 Å². The van der Waals surface area contributed by atoms with Crippen LogP contribution >= 0.6 is 0 Å². The molecule has 11 heavy (non-hydrogen) atoms. The molecule has 0 aromatic heterocycles. The summed E-state index contributed by atoms with van der Waals surface area (Å²) < 4.78 is 0. The molecular formula is C7H15N3O. The monoisotopic (exact) mass is 157 g/mol. The Hall–Kier alpha value is -0.610. The van der Waals surface area contributed by atoms with Crippen LogP contribution in [0.1, 0.15) is 19.3 Å². The molecule has 64 valence electrons. The van der Waals surface area contributed by atoms with Crippen molar-refractivity contribution in [3.8, 4) is 0 Å². The molecule has 1 atom stereocenters. The SMILES string of the molecule is NCCC(NC1CC1)C(N)=O. The molecule has 0 aliphatic heterocycles. The summed E-state index contributed by atoms with van der Waals surface area (Å²) in [5, 5.41) is 3.14. The van der Waals surface area contributed by atoms with Crippen LogP contribution in [0.5, 0.6) is 0 Å². The van der Waals surface area contributed by atoms with E-state index in [0.717, 1.165) is 12.8 Å². The maximum absolute atomic E-state index is 10.8. The van der Waals surface area contributed by atoms with Gasteiger partial charge in [0.25, 0.3) is 0 Å². The lowest BCUT2D eigenvalue weighted by Crippen LogP contribution is -2.43. The topological polar surface area (TPSA) is 81.1 Å². The van der Waals surface area contributed by atoms with Crippen molar-refractivity contribution < 1.29 is 4.79 Å². The third kappa shape index (κ3) is 2.86. The maximum Gasteiger partial charge on any atom is 0.234 e. The summed E-state index contributed by atoms with van der Waals surface area (Å²) in [5.41, 5.74) is 10.5. The van der Waals surface area contributed by atoms with Crippen molar-refractivity contribution in [2.24, 2.45) is 11.5 Å². The quantitative estimate of drug-likeness (QED) is 0.476. The lowest BCUT2D eigenvalue weighted by molar-refractivity contribution is -0.120. The third-order valence-corrected chi connectivity index (χ3v) is 1.81. The summed E-state index contributed by atoms with van der Waals surface area (Å²) in [6.45, 7) is 0.507. The predicted octanol–water partition coefficient (Wildman–Crippen LogP) is -1.06. The number of carbonyl (C=O) groups excluding carboxylic acids is 1. The Morgan fingerprint density at radius 1 is 1.64 bits per heavy atom. The molecular weight excluding hydrogens is 142 g/mol. The summed E-state index contributed by atoms with van der Waals surface area (Å²) in [6.07, 6.45) is 2.97. The summed E-state index contributed by atoms with van der Waals surface area (Å²) in [6, 6.07) is 0.298. The van der Waals surface area contributed by atoms with Crippen molar-refractivity contribution in [1.29, 1.82) is 0 Å². The summed E-state index contributed by atoms with van der Waals surface area (Å²) in [4.78, 5) is 10.8. The number of hydrogen-bond donors (Lipinski definition) is 3. The van der Waals surface area contributed by atoms with Crippen LogP contribution in [0.4, 0.5) is 0 Å². The second-order valence-electron chi connectivity index (χ2n) is 2.97. The first kappa shape index (κ1) is 8.49. The van der Waals surface area contributed by atoms with E-state index in [0.29, 0.717) is 19.0 Å². The van der Waals surface area contributed by atoms with E-state index < -0.39 is 0 Å². The van der Waals surface area contributed by atoms with Crippen molar-refractivity contribution >= 4 is 5.91 Å². The highest BCUT2D eigenvalue weighted by atomic mass is 16.1. The molecule has 1 aliphatic rings. The van der Waals surface area contributed by atoms with Gasteiger partial charge in [-0.2, -0.15) is 0 Å². The van der Waals surface area contributed by atoms with Crippen LogP contribution in [0, 0.1) is 0 Å². The summed E-state index contributed by atoms with van der Waals surface area (Å²) >= 11 is 0. The van der Waals surface area contributed by atoms with Gasteiger partial charge in [-0.15, -0.1) is 0 Å². The largest absolute Gasteiger partial charge is 0.368 e. The van der Waals surface area contributed by atoms with Crippen LogP contribution in [0.2, 0.25) is 0 Å². The average molecular weight is 157 g/mol. The van der Waals surface area contributed by atoms with Crippen molar-refractivity contribution in [2.75, 3.05) is 6.54 Å². The number of nitrogens with two attached hydrogens (primary N) is 2. The fourth-order valence-electron chi connectivity index (χ4n) is 1.01. The van der Waals surface area contributed by atoms with E-state index in [9.17, 15) is 4.79 Å². The molecule has 1 fully saturated rings. The van der Waals surface area contributed by atoms with Crippen LogP contribution < -0.4 is 16.8 Å². The van der Waals surface area contributed by atoms with E-state index in [-0.39, 0.29) is 11.9 Å². The highest BCUT2D eigenvalue weighted by Crippen LogP contribution is 2.19. The average Bonchev–Trinajstić information content (AvgIpc) is 2.70. The van der Waals surface area contributed by atoms with Gasteiger partial charge >= 0.3 is 0 Å². The Kier molecular flexibility index (Phi) is 2.84. The number of rotatable bonds is 5. The Labute approximate surface area is 66.3 Å². The lowest BCUT2D eigenvalue weighted by atomic mass is 10.2. The normalized spacial score (nSPS) is 19.7. The number of amides is 1. The molecule has 1 aliphatic carbocycles. The smallest absolute Gasteiger partial charge is 0.234 e. The van der Waals surface area contributed by atoms with Gasteiger partial charge < -0.3 is 16.8 Å². The molecule has 1 saturated carbocycles. The summed E-state index contributed by atoms with van der Waals surface area (Å²) in [7, 11) is 0. The van der Waals surface area contributed by atoms with Gasteiger partial charge in [-0.05, 0) is 25.8 Å². The van der Waals surface area contributed by atoms with Gasteiger partial charge in [-0.25, -0.2) is 0 Å². The highest BCUT2D eigenvalue weighted by Gasteiger charge is 2.26. The highest BCUT2D eigenvalue weighted by molar-refractivity contribution is 5.79. The van der Waals surface area contributed by atoms with Gasteiger partial charge in [-0.3, -0.25) is 4.79 Å². The molecule has 0 aromatic rings. The van der Waals surface area contributed by atoms with E-state index in [4.69, 9.17) is 11.5 Å². The number of hydrogen-bond acceptors (Lipinski definition) is 3. The van der Waals surface area contributed by atoms with Crippen molar-refractivity contribution in [2.45, 2.75) is 31.3 Å². The molecule has 1 amide bonds. The molecule has 1 unspecified atom stereocenters. The first-order chi connectivity index (χ1) is 5.24. The summed E-state index contributed by atoms with van der Waals surface area (Å²) in [5.74, 6) is -0.289. The molecule has 0 heterocycles. The Morgan fingerprint density at radius 2 is 2.27 bits per heavy atom. The van der Waals surface area contributed by atoms with E-state index in [1.807, 2.05) is 0 Å². The molecule has 0 bridgehead atoms. The van der Waals surface area contributed by atoms with Crippen LogP contribution in [0.3, 0.4) is 0 Å². The number of carbonyl (C=O) groups is 1. The fraction of sp³-hybridized carbons (Fsp3) is 0.857. The molecule has 0 spiro atoms.